The van der Waals surface area contributed by atoms with E-state index in [0.717, 1.165) is 70.6 Å². The van der Waals surface area contributed by atoms with Crippen molar-refractivity contribution in [1.29, 1.82) is 0 Å². The highest BCUT2D eigenvalue weighted by Gasteiger charge is 2.57. The van der Waals surface area contributed by atoms with Crippen LogP contribution in [0.25, 0.3) is 0 Å². The number of primary amides is 1. The number of esters is 1. The maximum Gasteiger partial charge on any atom is 0.302 e. The van der Waals surface area contributed by atoms with Crippen LogP contribution in [0.3, 0.4) is 0 Å². The first-order valence-corrected chi connectivity index (χ1v) is 15.3. The summed E-state index contributed by atoms with van der Waals surface area (Å²) in [4.78, 5) is 35.2. The number of amides is 1. The molecule has 1 amide bonds. The summed E-state index contributed by atoms with van der Waals surface area (Å²) in [5, 5.41) is 0. The summed E-state index contributed by atoms with van der Waals surface area (Å²) in [7, 11) is 0. The molecule has 2 N–H and O–H groups in total. The van der Waals surface area contributed by atoms with Gasteiger partial charge >= 0.3 is 5.97 Å². The molecule has 4 aliphatic carbocycles. The van der Waals surface area contributed by atoms with Gasteiger partial charge in [-0.1, -0.05) is 56.0 Å². The molecule has 1 aromatic carbocycles. The third kappa shape index (κ3) is 5.93. The Hall–Kier alpha value is -2.69. The number of hydrogen-bond acceptors (Lipinski definition) is 4. The van der Waals surface area contributed by atoms with E-state index in [2.05, 4.69) is 31.2 Å². The minimum Gasteiger partial charge on any atom is -0.462 e. The lowest BCUT2D eigenvalue weighted by Gasteiger charge is -2.52. The van der Waals surface area contributed by atoms with E-state index in [1.165, 1.54) is 28.7 Å². The topological polar surface area (TPSA) is 86.5 Å². The van der Waals surface area contributed by atoms with Gasteiger partial charge in [-0.15, -0.1) is 0 Å². The number of carbonyl (C=O) groups is 3. The summed E-state index contributed by atoms with van der Waals surface area (Å²) < 4.78 is 5.94. The Balaban J connectivity index is 1.35. The van der Waals surface area contributed by atoms with Gasteiger partial charge in [0.15, 0.2) is 5.78 Å². The van der Waals surface area contributed by atoms with E-state index < -0.39 is 0 Å². The largest absolute Gasteiger partial charge is 0.462 e. The Morgan fingerprint density at radius 2 is 1.72 bits per heavy atom. The number of rotatable bonds is 10. The number of carbonyl (C=O) groups excluding carboxylic acids is 3. The summed E-state index contributed by atoms with van der Waals surface area (Å²) in [5.74, 6) is 1.25. The van der Waals surface area contributed by atoms with Gasteiger partial charge in [-0.3, -0.25) is 14.4 Å². The first-order valence-electron chi connectivity index (χ1n) is 15.3. The number of hydrogen-bond donors (Lipinski definition) is 1. The van der Waals surface area contributed by atoms with Crippen LogP contribution in [-0.2, 0) is 25.5 Å². The molecule has 39 heavy (non-hydrogen) atoms. The van der Waals surface area contributed by atoms with Crippen LogP contribution in [0, 0.1) is 17.3 Å². The first-order chi connectivity index (χ1) is 18.8. The van der Waals surface area contributed by atoms with Crippen LogP contribution in [0.2, 0.25) is 0 Å². The molecule has 5 rings (SSSR count). The summed E-state index contributed by atoms with van der Waals surface area (Å²) in [6, 6.07) is 9.28. The average Bonchev–Trinajstić information content (AvgIpc) is 3.22. The monoisotopic (exact) mass is 531 g/mol. The van der Waals surface area contributed by atoms with Crippen molar-refractivity contribution in [1.82, 2.24) is 0 Å². The molecule has 1 aromatic rings. The van der Waals surface area contributed by atoms with E-state index >= 15 is 0 Å². The second-order valence-electron chi connectivity index (χ2n) is 12.7. The molecule has 0 radical (unpaired) electrons. The van der Waals surface area contributed by atoms with Gasteiger partial charge in [0.25, 0.3) is 0 Å². The number of ketones is 1. The number of nitrogens with two attached hydrogens (primary N) is 1. The second kappa shape index (κ2) is 11.8. The van der Waals surface area contributed by atoms with Crippen LogP contribution in [0.5, 0.6) is 0 Å². The summed E-state index contributed by atoms with van der Waals surface area (Å²) in [6.45, 7) is 3.92. The van der Waals surface area contributed by atoms with Gasteiger partial charge in [0.1, 0.15) is 6.10 Å². The van der Waals surface area contributed by atoms with Crippen LogP contribution in [-0.4, -0.2) is 23.8 Å². The van der Waals surface area contributed by atoms with Gasteiger partial charge < -0.3 is 10.5 Å². The third-order valence-corrected chi connectivity index (χ3v) is 10.2. The average molecular weight is 532 g/mol. The highest BCUT2D eigenvalue weighted by atomic mass is 16.5. The number of allylic oxidation sites excluding steroid dienone is 4. The predicted octanol–water partition coefficient (Wildman–Crippen LogP) is 6.89. The fourth-order valence-electron chi connectivity index (χ4n) is 8.38. The number of aryl methyl sites for hydroxylation is 1. The zero-order valence-corrected chi connectivity index (χ0v) is 23.8. The highest BCUT2D eigenvalue weighted by Crippen LogP contribution is 2.64. The molecule has 5 heteroatoms. The Labute approximate surface area is 233 Å². The lowest BCUT2D eigenvalue weighted by molar-refractivity contribution is -0.154. The predicted molar refractivity (Wildman–Crippen MR) is 153 cm³/mol. The van der Waals surface area contributed by atoms with Crippen molar-refractivity contribution in [3.63, 3.8) is 0 Å². The lowest BCUT2D eigenvalue weighted by atomic mass is 9.53. The van der Waals surface area contributed by atoms with Crippen molar-refractivity contribution < 1.29 is 19.1 Å². The fraction of sp³-hybridized carbons (Fsp3) is 0.618. The Kier molecular flexibility index (Phi) is 8.44. The van der Waals surface area contributed by atoms with Crippen molar-refractivity contribution >= 4 is 17.7 Å². The van der Waals surface area contributed by atoms with Crippen molar-refractivity contribution in [3.05, 3.63) is 58.2 Å². The van der Waals surface area contributed by atoms with Gasteiger partial charge in [0.05, 0.1) is 0 Å². The molecule has 4 aliphatic rings. The van der Waals surface area contributed by atoms with Crippen LogP contribution in [0.4, 0.5) is 0 Å². The van der Waals surface area contributed by atoms with Crippen molar-refractivity contribution in [2.24, 2.45) is 23.0 Å². The van der Waals surface area contributed by atoms with Gasteiger partial charge in [-0.2, -0.15) is 0 Å². The van der Waals surface area contributed by atoms with Crippen LogP contribution in [0.1, 0.15) is 114 Å². The highest BCUT2D eigenvalue weighted by molar-refractivity contribution is 5.93. The van der Waals surface area contributed by atoms with E-state index in [9.17, 15) is 14.4 Å². The Morgan fingerprint density at radius 1 is 0.974 bits per heavy atom. The molecule has 0 spiro atoms. The molecule has 2 fully saturated rings. The van der Waals surface area contributed by atoms with Crippen LogP contribution in [0.15, 0.2) is 47.1 Å². The van der Waals surface area contributed by atoms with Crippen molar-refractivity contribution in [2.75, 3.05) is 0 Å². The van der Waals surface area contributed by atoms with E-state index in [1.807, 2.05) is 6.08 Å². The normalized spacial score (nSPS) is 29.8. The third-order valence-electron chi connectivity index (χ3n) is 10.2. The zero-order valence-electron chi connectivity index (χ0n) is 23.8. The molecule has 0 aliphatic heterocycles. The SMILES string of the molecule is CC(=O)OC1CCC2C3CCC4=CC(=O)CCC4=C3C(c3ccc(CCCCCCCC(N)=O)cc3)C[C@]12C. The summed E-state index contributed by atoms with van der Waals surface area (Å²) in [5.41, 5.74) is 12.3. The summed E-state index contributed by atoms with van der Waals surface area (Å²) in [6.07, 6.45) is 15.6. The van der Waals surface area contributed by atoms with Crippen molar-refractivity contribution in [2.45, 2.75) is 116 Å². The second-order valence-corrected chi connectivity index (χ2v) is 12.7. The number of ether oxygens (including phenoxy) is 1. The lowest BCUT2D eigenvalue weighted by Crippen LogP contribution is -2.46. The van der Waals surface area contributed by atoms with E-state index in [1.54, 1.807) is 12.5 Å². The standard InChI is InChI=1S/C34H45NO4/c1-22(36)39-31-19-18-30-28-16-14-25-20-26(37)15-17-27(25)33(28)29(21-34(30,31)2)24-12-10-23(11-13-24)8-6-4-3-5-7-9-32(35)38/h10-13,20,28-31H,3-9,14-19,21H2,1-2H3,(H2,35,38)/t28?,29?,30?,31?,34-/m0/s1. The minimum atomic E-state index is -0.201. The van der Waals surface area contributed by atoms with E-state index in [0.29, 0.717) is 30.6 Å². The molecule has 2 saturated carbocycles. The quantitative estimate of drug-likeness (QED) is 0.263. The van der Waals surface area contributed by atoms with E-state index in [-0.39, 0.29) is 29.2 Å². The molecule has 210 valence electrons. The molecule has 0 saturated heterocycles. The molecular weight excluding hydrogens is 486 g/mol. The molecule has 0 aromatic heterocycles. The zero-order chi connectivity index (χ0) is 27.6. The van der Waals surface area contributed by atoms with Gasteiger partial charge in [-0.25, -0.2) is 0 Å². The number of fused-ring (bicyclic) bond motifs is 4. The Morgan fingerprint density at radius 3 is 2.46 bits per heavy atom. The molecule has 5 atom stereocenters. The fourth-order valence-corrected chi connectivity index (χ4v) is 8.38. The molecule has 0 bridgehead atoms. The smallest absolute Gasteiger partial charge is 0.302 e. The first kappa shape index (κ1) is 27.9. The molecular formula is C34H45NO4. The molecule has 0 heterocycles. The summed E-state index contributed by atoms with van der Waals surface area (Å²) >= 11 is 0. The number of benzene rings is 1. The molecule has 5 nitrogen and oxygen atoms in total. The minimum absolute atomic E-state index is 0.0128. The molecule has 4 unspecified atom stereocenters. The van der Waals surface area contributed by atoms with Gasteiger partial charge in [0, 0.05) is 31.1 Å². The van der Waals surface area contributed by atoms with Crippen LogP contribution >= 0.6 is 0 Å². The maximum atomic E-state index is 12.3. The van der Waals surface area contributed by atoms with Gasteiger partial charge in [0.2, 0.25) is 5.91 Å². The maximum absolute atomic E-state index is 12.3. The Bertz CT molecular complexity index is 1160. The number of unbranched alkanes of at least 4 members (excludes halogenated alkanes) is 4. The van der Waals surface area contributed by atoms with Gasteiger partial charge in [-0.05, 0) is 98.0 Å². The van der Waals surface area contributed by atoms with Crippen LogP contribution < -0.4 is 5.73 Å². The van der Waals surface area contributed by atoms with Crippen molar-refractivity contribution in [3.8, 4) is 0 Å². The van der Waals surface area contributed by atoms with E-state index in [4.69, 9.17) is 10.5 Å².